The van der Waals surface area contributed by atoms with E-state index >= 15 is 0 Å². The Hall–Kier alpha value is -2.21. The van der Waals surface area contributed by atoms with Gasteiger partial charge in [-0.25, -0.2) is 8.78 Å². The van der Waals surface area contributed by atoms with E-state index in [-0.39, 0.29) is 11.4 Å². The third-order valence-electron chi connectivity index (χ3n) is 3.00. The van der Waals surface area contributed by atoms with Gasteiger partial charge in [0.25, 0.3) is 0 Å². The number of benzene rings is 2. The summed E-state index contributed by atoms with van der Waals surface area (Å²) < 4.78 is 32.6. The molecule has 0 saturated carbocycles. The van der Waals surface area contributed by atoms with E-state index in [2.05, 4.69) is 21.1 Å². The van der Waals surface area contributed by atoms with Gasteiger partial charge in [0.05, 0.1) is 5.56 Å². The molecule has 3 nitrogen and oxygen atoms in total. The van der Waals surface area contributed by atoms with Gasteiger partial charge in [0, 0.05) is 16.1 Å². The first-order valence-electron chi connectivity index (χ1n) is 6.03. The number of hydrogen-bond donors (Lipinski definition) is 1. The van der Waals surface area contributed by atoms with Gasteiger partial charge in [0.1, 0.15) is 17.3 Å². The summed E-state index contributed by atoms with van der Waals surface area (Å²) in [7, 11) is 0. The van der Waals surface area contributed by atoms with Crippen molar-refractivity contribution >= 4 is 21.8 Å². The molecule has 0 saturated heterocycles. The topological polar surface area (TPSA) is 52.0 Å². The Morgan fingerprint density at radius 1 is 1.05 bits per heavy atom. The van der Waals surface area contributed by atoms with Gasteiger partial charge in [-0.05, 0) is 23.8 Å². The van der Waals surface area contributed by atoms with Gasteiger partial charge in [-0.1, -0.05) is 39.3 Å². The molecule has 0 atom stereocenters. The Kier molecular flexibility index (Phi) is 3.47. The van der Waals surface area contributed by atoms with Crippen molar-refractivity contribution in [2.24, 2.45) is 0 Å². The normalized spacial score (nSPS) is 10.8. The molecule has 1 heterocycles. The second-order valence-corrected chi connectivity index (χ2v) is 5.26. The van der Waals surface area contributed by atoms with E-state index in [1.54, 1.807) is 6.07 Å². The average Bonchev–Trinajstić information content (AvgIpc) is 2.80. The van der Waals surface area contributed by atoms with Gasteiger partial charge >= 0.3 is 0 Å². The van der Waals surface area contributed by atoms with Crippen LogP contribution in [0.5, 0.6) is 0 Å². The minimum absolute atomic E-state index is 0.00533. The zero-order chi connectivity index (χ0) is 15.0. The molecule has 0 fully saturated rings. The van der Waals surface area contributed by atoms with Crippen molar-refractivity contribution in [1.82, 2.24) is 5.16 Å². The quantitative estimate of drug-likeness (QED) is 0.732. The molecule has 3 aromatic rings. The highest BCUT2D eigenvalue weighted by molar-refractivity contribution is 9.10. The number of hydrogen-bond acceptors (Lipinski definition) is 3. The van der Waals surface area contributed by atoms with E-state index < -0.39 is 11.6 Å². The monoisotopic (exact) mass is 350 g/mol. The summed E-state index contributed by atoms with van der Waals surface area (Å²) in [5.41, 5.74) is 7.55. The van der Waals surface area contributed by atoms with E-state index in [1.165, 1.54) is 12.1 Å². The summed E-state index contributed by atoms with van der Waals surface area (Å²) >= 11 is 3.41. The van der Waals surface area contributed by atoms with Gasteiger partial charge in [-0.2, -0.15) is 0 Å². The first kappa shape index (κ1) is 13.8. The second kappa shape index (κ2) is 5.29. The first-order valence-corrected chi connectivity index (χ1v) is 6.82. The van der Waals surface area contributed by atoms with Crippen LogP contribution in [0.1, 0.15) is 0 Å². The van der Waals surface area contributed by atoms with E-state index in [0.29, 0.717) is 11.3 Å². The Balaban J connectivity index is 2.25. The van der Waals surface area contributed by atoms with Gasteiger partial charge in [0.15, 0.2) is 0 Å². The summed E-state index contributed by atoms with van der Waals surface area (Å²) in [6.07, 6.45) is 0. The molecule has 1 aromatic heterocycles. The molecule has 0 aliphatic carbocycles. The summed E-state index contributed by atoms with van der Waals surface area (Å²) in [6, 6.07) is 10.5. The van der Waals surface area contributed by atoms with E-state index in [9.17, 15) is 8.78 Å². The van der Waals surface area contributed by atoms with Crippen molar-refractivity contribution in [3.8, 4) is 22.4 Å². The fourth-order valence-electron chi connectivity index (χ4n) is 2.12. The third-order valence-corrected chi connectivity index (χ3v) is 3.69. The average molecular weight is 351 g/mol. The van der Waals surface area contributed by atoms with Crippen LogP contribution in [-0.2, 0) is 0 Å². The summed E-state index contributed by atoms with van der Waals surface area (Å²) in [5.74, 6) is -1.38. The van der Waals surface area contributed by atoms with Crippen LogP contribution in [0.15, 0.2) is 51.5 Å². The first-order chi connectivity index (χ1) is 10.1. The number of nitrogens with two attached hydrogens (primary N) is 1. The molecule has 0 bridgehead atoms. The maximum absolute atomic E-state index is 13.4. The predicted molar refractivity (Wildman–Crippen MR) is 79.4 cm³/mol. The Morgan fingerprint density at radius 3 is 2.38 bits per heavy atom. The number of rotatable bonds is 2. The predicted octanol–water partition coefficient (Wildman–Crippen LogP) is 4.63. The van der Waals surface area contributed by atoms with Crippen LogP contribution in [0.4, 0.5) is 14.7 Å². The van der Waals surface area contributed by atoms with Crippen LogP contribution in [0, 0.1) is 11.6 Å². The number of halogens is 3. The highest BCUT2D eigenvalue weighted by Gasteiger charge is 2.20. The number of nitrogen functional groups attached to an aromatic ring is 1. The second-order valence-electron chi connectivity index (χ2n) is 4.41. The zero-order valence-corrected chi connectivity index (χ0v) is 12.2. The SMILES string of the molecule is Nc1onc(-c2ccccc2Br)c1-c1cc(F)cc(F)c1. The molecule has 0 aliphatic heterocycles. The molecule has 0 unspecified atom stereocenters. The fourth-order valence-corrected chi connectivity index (χ4v) is 2.59. The number of anilines is 1. The van der Waals surface area contributed by atoms with Gasteiger partial charge in [-0.15, -0.1) is 0 Å². The Bertz CT molecular complexity index is 797. The van der Waals surface area contributed by atoms with Gasteiger partial charge in [0.2, 0.25) is 5.88 Å². The molecular weight excluding hydrogens is 342 g/mol. The van der Waals surface area contributed by atoms with E-state index in [0.717, 1.165) is 16.1 Å². The lowest BCUT2D eigenvalue weighted by molar-refractivity contribution is 0.439. The van der Waals surface area contributed by atoms with Crippen LogP contribution in [0.3, 0.4) is 0 Å². The van der Waals surface area contributed by atoms with Crippen LogP contribution >= 0.6 is 15.9 Å². The summed E-state index contributed by atoms with van der Waals surface area (Å²) in [5, 5.41) is 3.91. The third kappa shape index (κ3) is 2.54. The van der Waals surface area contributed by atoms with Crippen molar-refractivity contribution in [2.75, 3.05) is 5.73 Å². The number of nitrogens with zero attached hydrogens (tertiary/aromatic N) is 1. The molecule has 0 amide bonds. The van der Waals surface area contributed by atoms with E-state index in [1.807, 2.05) is 18.2 Å². The lowest BCUT2D eigenvalue weighted by Gasteiger charge is -2.05. The van der Waals surface area contributed by atoms with E-state index in [4.69, 9.17) is 10.3 Å². The Morgan fingerprint density at radius 2 is 1.71 bits per heavy atom. The van der Waals surface area contributed by atoms with Gasteiger partial charge < -0.3 is 10.3 Å². The van der Waals surface area contributed by atoms with Crippen LogP contribution < -0.4 is 5.73 Å². The molecule has 0 radical (unpaired) electrons. The molecule has 6 heteroatoms. The molecule has 0 aliphatic rings. The zero-order valence-electron chi connectivity index (χ0n) is 10.6. The standard InChI is InChI=1S/C15H9BrF2N2O/c16-12-4-2-1-3-11(12)14-13(15(19)21-20-14)8-5-9(17)7-10(18)6-8/h1-7H,19H2. The minimum Gasteiger partial charge on any atom is -0.367 e. The minimum atomic E-state index is -0.691. The van der Waals surface area contributed by atoms with Crippen LogP contribution in [0.2, 0.25) is 0 Å². The lowest BCUT2D eigenvalue weighted by atomic mass is 10.0. The van der Waals surface area contributed by atoms with Crippen molar-refractivity contribution < 1.29 is 13.3 Å². The lowest BCUT2D eigenvalue weighted by Crippen LogP contribution is -1.90. The highest BCUT2D eigenvalue weighted by Crippen LogP contribution is 2.39. The maximum Gasteiger partial charge on any atom is 0.230 e. The van der Waals surface area contributed by atoms with Crippen LogP contribution in [0.25, 0.3) is 22.4 Å². The smallest absolute Gasteiger partial charge is 0.230 e. The maximum atomic E-state index is 13.4. The Labute approximate surface area is 127 Å². The molecule has 21 heavy (non-hydrogen) atoms. The molecule has 106 valence electrons. The molecule has 2 N–H and O–H groups in total. The van der Waals surface area contributed by atoms with Crippen molar-refractivity contribution in [1.29, 1.82) is 0 Å². The molecule has 3 rings (SSSR count). The fraction of sp³-hybridized carbons (Fsp3) is 0. The van der Waals surface area contributed by atoms with Gasteiger partial charge in [-0.3, -0.25) is 0 Å². The largest absolute Gasteiger partial charge is 0.367 e. The summed E-state index contributed by atoms with van der Waals surface area (Å²) in [4.78, 5) is 0. The highest BCUT2D eigenvalue weighted by atomic mass is 79.9. The van der Waals surface area contributed by atoms with Crippen molar-refractivity contribution in [3.05, 3.63) is 58.6 Å². The summed E-state index contributed by atoms with van der Waals surface area (Å²) in [6.45, 7) is 0. The molecule has 0 spiro atoms. The van der Waals surface area contributed by atoms with Crippen LogP contribution in [-0.4, -0.2) is 5.16 Å². The van der Waals surface area contributed by atoms with Crippen molar-refractivity contribution in [2.45, 2.75) is 0 Å². The molecular formula is C15H9BrF2N2O. The number of aromatic nitrogens is 1. The van der Waals surface area contributed by atoms with Crippen molar-refractivity contribution in [3.63, 3.8) is 0 Å². The molecule has 2 aromatic carbocycles.